The van der Waals surface area contributed by atoms with Gasteiger partial charge in [-0.15, -0.1) is 11.3 Å². The summed E-state index contributed by atoms with van der Waals surface area (Å²) in [5, 5.41) is 3.82. The predicted molar refractivity (Wildman–Crippen MR) is 120 cm³/mol. The van der Waals surface area contributed by atoms with Crippen LogP contribution in [0, 0.1) is 12.8 Å². The summed E-state index contributed by atoms with van der Waals surface area (Å²) in [6.07, 6.45) is 2.57. The number of benzene rings is 1. The molecule has 1 atom stereocenters. The molecule has 1 aliphatic rings. The van der Waals surface area contributed by atoms with E-state index in [2.05, 4.69) is 12.2 Å². The minimum Gasteiger partial charge on any atom is -0.497 e. The molecule has 0 fully saturated rings. The molecular formula is C23H24N2O6S. The first-order valence-electron chi connectivity index (χ1n) is 10.3. The highest BCUT2D eigenvalue weighted by Gasteiger charge is 2.27. The van der Waals surface area contributed by atoms with Crippen molar-refractivity contribution in [3.63, 3.8) is 0 Å². The number of amides is 2. The number of thiophene rings is 1. The fourth-order valence-electron chi connectivity index (χ4n) is 3.98. The molecule has 3 N–H and O–H groups in total. The third-order valence-corrected chi connectivity index (χ3v) is 6.84. The maximum atomic E-state index is 12.5. The van der Waals surface area contributed by atoms with Crippen molar-refractivity contribution in [1.82, 2.24) is 0 Å². The molecule has 0 saturated heterocycles. The van der Waals surface area contributed by atoms with Gasteiger partial charge in [-0.3, -0.25) is 9.59 Å². The molecule has 3 aromatic rings. The lowest BCUT2D eigenvalue weighted by molar-refractivity contribution is -0.119. The summed E-state index contributed by atoms with van der Waals surface area (Å²) in [6.45, 7) is 3.37. The molecule has 2 heterocycles. The maximum Gasteiger partial charge on any atom is 0.375 e. The lowest BCUT2D eigenvalue weighted by atomic mass is 9.88. The quantitative estimate of drug-likeness (QED) is 0.544. The average molecular weight is 457 g/mol. The number of rotatable bonds is 6. The second-order valence-corrected chi connectivity index (χ2v) is 9.07. The molecular weight excluding hydrogens is 432 g/mol. The highest BCUT2D eigenvalue weighted by Crippen LogP contribution is 2.39. The van der Waals surface area contributed by atoms with Gasteiger partial charge in [0.05, 0.1) is 12.7 Å². The van der Waals surface area contributed by atoms with Crippen LogP contribution in [0.5, 0.6) is 5.75 Å². The van der Waals surface area contributed by atoms with E-state index in [0.717, 1.165) is 35.1 Å². The molecule has 2 amide bonds. The monoisotopic (exact) mass is 456 g/mol. The number of carbonyl (C=O) groups is 3. The van der Waals surface area contributed by atoms with E-state index in [1.54, 1.807) is 32.2 Å². The van der Waals surface area contributed by atoms with Gasteiger partial charge in [0, 0.05) is 15.8 Å². The number of nitrogens with one attached hydrogen (secondary N) is 1. The van der Waals surface area contributed by atoms with Crippen LogP contribution in [0.1, 0.15) is 50.3 Å². The normalized spacial score (nSPS) is 15.3. The zero-order chi connectivity index (χ0) is 23.0. The molecule has 0 aliphatic heterocycles. The summed E-state index contributed by atoms with van der Waals surface area (Å²) in [5.41, 5.74) is 7.97. The number of fused-ring (bicyclic) bond motifs is 2. The topological polar surface area (TPSA) is 121 Å². The van der Waals surface area contributed by atoms with Crippen molar-refractivity contribution in [2.75, 3.05) is 19.0 Å². The molecule has 1 aliphatic carbocycles. The molecule has 2 aromatic heterocycles. The molecule has 0 bridgehead atoms. The van der Waals surface area contributed by atoms with Crippen LogP contribution in [0.15, 0.2) is 22.6 Å². The number of esters is 1. The molecule has 4 rings (SSSR count). The van der Waals surface area contributed by atoms with Gasteiger partial charge in [0.25, 0.3) is 11.8 Å². The van der Waals surface area contributed by atoms with Crippen molar-refractivity contribution in [3.8, 4) is 5.75 Å². The summed E-state index contributed by atoms with van der Waals surface area (Å²) < 4.78 is 16.0. The molecule has 9 heteroatoms. The van der Waals surface area contributed by atoms with E-state index in [-0.39, 0.29) is 5.76 Å². The van der Waals surface area contributed by atoms with Crippen LogP contribution < -0.4 is 15.8 Å². The molecule has 0 unspecified atom stereocenters. The summed E-state index contributed by atoms with van der Waals surface area (Å²) in [6, 6.07) is 5.20. The first-order chi connectivity index (χ1) is 15.3. The molecule has 1 aromatic carbocycles. The van der Waals surface area contributed by atoms with E-state index in [0.29, 0.717) is 33.4 Å². The van der Waals surface area contributed by atoms with Crippen molar-refractivity contribution in [1.29, 1.82) is 0 Å². The number of nitrogens with two attached hydrogens (primary N) is 1. The largest absolute Gasteiger partial charge is 0.497 e. The Morgan fingerprint density at radius 3 is 2.81 bits per heavy atom. The van der Waals surface area contributed by atoms with Crippen LogP contribution in [-0.4, -0.2) is 31.5 Å². The summed E-state index contributed by atoms with van der Waals surface area (Å²) >= 11 is 1.36. The van der Waals surface area contributed by atoms with E-state index >= 15 is 0 Å². The number of ether oxygens (including phenoxy) is 2. The van der Waals surface area contributed by atoms with Gasteiger partial charge in [0.2, 0.25) is 5.76 Å². The number of primary amides is 1. The number of furan rings is 1. The minimum absolute atomic E-state index is 0.0273. The smallest absolute Gasteiger partial charge is 0.375 e. The number of anilines is 1. The highest BCUT2D eigenvalue weighted by atomic mass is 32.1. The molecule has 8 nitrogen and oxygen atoms in total. The van der Waals surface area contributed by atoms with Crippen LogP contribution in [-0.2, 0) is 22.4 Å². The number of hydrogen-bond acceptors (Lipinski definition) is 7. The number of hydrogen-bond donors (Lipinski definition) is 2. The van der Waals surface area contributed by atoms with Crippen molar-refractivity contribution in [3.05, 3.63) is 45.5 Å². The second-order valence-electron chi connectivity index (χ2n) is 7.96. The van der Waals surface area contributed by atoms with Gasteiger partial charge in [-0.05, 0) is 55.9 Å². The number of methoxy groups -OCH3 is 1. The standard InChI is InChI=1S/C23H24N2O6S/c1-11-4-6-14-17(8-11)32-22(19(14)21(24)27)25-18(26)10-30-23(28)20-12(2)15-9-13(29-3)5-7-16(15)31-20/h5,7,9,11H,4,6,8,10H2,1-3H3,(H2,24,27)(H,25,26)/t11-/m1/s1. The van der Waals surface area contributed by atoms with Gasteiger partial charge in [-0.25, -0.2) is 4.79 Å². The maximum absolute atomic E-state index is 12.5. The van der Waals surface area contributed by atoms with E-state index < -0.39 is 24.4 Å². The first-order valence-corrected chi connectivity index (χ1v) is 11.1. The summed E-state index contributed by atoms with van der Waals surface area (Å²) in [4.78, 5) is 38.1. The van der Waals surface area contributed by atoms with Crippen molar-refractivity contribution < 1.29 is 28.3 Å². The predicted octanol–water partition coefficient (Wildman–Crippen LogP) is 3.83. The Labute approximate surface area is 188 Å². The fourth-order valence-corrected chi connectivity index (χ4v) is 5.41. The Morgan fingerprint density at radius 1 is 1.31 bits per heavy atom. The van der Waals surface area contributed by atoms with Crippen LogP contribution in [0.3, 0.4) is 0 Å². The summed E-state index contributed by atoms with van der Waals surface area (Å²) in [5.74, 6) is -0.695. The van der Waals surface area contributed by atoms with E-state index in [1.165, 1.54) is 11.3 Å². The molecule has 0 radical (unpaired) electrons. The first kappa shape index (κ1) is 21.9. The third kappa shape index (κ3) is 4.08. The molecule has 168 valence electrons. The van der Waals surface area contributed by atoms with E-state index in [9.17, 15) is 14.4 Å². The molecule has 32 heavy (non-hydrogen) atoms. The molecule has 0 saturated carbocycles. The van der Waals surface area contributed by atoms with E-state index in [1.807, 2.05) is 0 Å². The van der Waals surface area contributed by atoms with Gasteiger partial charge in [-0.2, -0.15) is 0 Å². The lowest BCUT2D eigenvalue weighted by Crippen LogP contribution is -2.23. The van der Waals surface area contributed by atoms with Gasteiger partial charge in [-0.1, -0.05) is 6.92 Å². The van der Waals surface area contributed by atoms with Crippen LogP contribution in [0.4, 0.5) is 5.00 Å². The van der Waals surface area contributed by atoms with Crippen molar-refractivity contribution in [2.45, 2.75) is 33.1 Å². The third-order valence-electron chi connectivity index (χ3n) is 5.67. The van der Waals surface area contributed by atoms with Gasteiger partial charge in [0.15, 0.2) is 6.61 Å². The minimum atomic E-state index is -0.748. The Balaban J connectivity index is 1.46. The Bertz CT molecular complexity index is 1230. The fraction of sp³-hybridized carbons (Fsp3) is 0.348. The Kier molecular flexibility index (Phi) is 5.92. The molecule has 0 spiro atoms. The van der Waals surface area contributed by atoms with Crippen molar-refractivity contribution in [2.24, 2.45) is 11.7 Å². The number of carbonyl (C=O) groups excluding carboxylic acids is 3. The average Bonchev–Trinajstić information content (AvgIpc) is 3.28. The second kappa shape index (κ2) is 8.66. The Hall–Kier alpha value is -3.33. The lowest BCUT2D eigenvalue weighted by Gasteiger charge is -2.18. The van der Waals surface area contributed by atoms with Crippen LogP contribution in [0.25, 0.3) is 11.0 Å². The highest BCUT2D eigenvalue weighted by molar-refractivity contribution is 7.17. The van der Waals surface area contributed by atoms with Gasteiger partial charge in [0.1, 0.15) is 16.3 Å². The number of aryl methyl sites for hydroxylation is 1. The summed E-state index contributed by atoms with van der Waals surface area (Å²) in [7, 11) is 1.55. The van der Waals surface area contributed by atoms with Crippen molar-refractivity contribution >= 4 is 45.1 Å². The van der Waals surface area contributed by atoms with Gasteiger partial charge < -0.3 is 24.9 Å². The van der Waals surface area contributed by atoms with Gasteiger partial charge >= 0.3 is 5.97 Å². The van der Waals surface area contributed by atoms with E-state index in [4.69, 9.17) is 19.6 Å². The van der Waals surface area contributed by atoms with Crippen LogP contribution >= 0.6 is 11.3 Å². The van der Waals surface area contributed by atoms with Crippen LogP contribution in [0.2, 0.25) is 0 Å². The zero-order valence-corrected chi connectivity index (χ0v) is 18.9. The SMILES string of the molecule is COc1ccc2oc(C(=O)OCC(=O)Nc3sc4c(c3C(N)=O)CC[C@@H](C)C4)c(C)c2c1. The Morgan fingerprint density at radius 2 is 2.09 bits per heavy atom. The zero-order valence-electron chi connectivity index (χ0n) is 18.1.